The van der Waals surface area contributed by atoms with Gasteiger partial charge in [0, 0.05) is 20.0 Å². The van der Waals surface area contributed by atoms with E-state index < -0.39 is 6.04 Å². The number of hydrogen-bond acceptors (Lipinski definition) is 4. The third-order valence-electron chi connectivity index (χ3n) is 2.33. The summed E-state index contributed by atoms with van der Waals surface area (Å²) in [6.45, 7) is 1.69. The van der Waals surface area contributed by atoms with Crippen LogP contribution in [-0.2, 0) is 16.1 Å². The van der Waals surface area contributed by atoms with Gasteiger partial charge in [-0.2, -0.15) is 0 Å². The molecule has 0 fully saturated rings. The molecule has 0 spiro atoms. The molecular weight excluding hydrogens is 234 g/mol. The molecule has 0 aliphatic carbocycles. The molecule has 6 nitrogen and oxygen atoms in total. The fourth-order valence-corrected chi connectivity index (χ4v) is 1.40. The smallest absolute Gasteiger partial charge is 0.244 e. The number of amides is 2. The van der Waals surface area contributed by atoms with Gasteiger partial charge in [0.1, 0.15) is 11.8 Å². The highest BCUT2D eigenvalue weighted by atomic mass is 16.3. The van der Waals surface area contributed by atoms with Crippen LogP contribution in [0.1, 0.15) is 12.5 Å². The number of phenolic OH excluding ortho intramolecular Hbond substituents is 1. The first-order valence-electron chi connectivity index (χ1n) is 5.55. The van der Waals surface area contributed by atoms with Crippen molar-refractivity contribution in [2.24, 2.45) is 5.73 Å². The van der Waals surface area contributed by atoms with E-state index in [4.69, 9.17) is 10.8 Å². The van der Waals surface area contributed by atoms with Gasteiger partial charge in [-0.3, -0.25) is 9.59 Å². The minimum Gasteiger partial charge on any atom is -0.508 e. The summed E-state index contributed by atoms with van der Waals surface area (Å²) in [4.78, 5) is 22.5. The third kappa shape index (κ3) is 4.42. The number of benzene rings is 1. The zero-order valence-electron chi connectivity index (χ0n) is 10.1. The van der Waals surface area contributed by atoms with Crippen molar-refractivity contribution in [3.63, 3.8) is 0 Å². The highest BCUT2D eigenvalue weighted by Gasteiger charge is 2.16. The molecule has 1 aromatic carbocycles. The Hall–Kier alpha value is -2.08. The van der Waals surface area contributed by atoms with E-state index in [1.807, 2.05) is 0 Å². The second-order valence-electron chi connectivity index (χ2n) is 3.87. The van der Waals surface area contributed by atoms with E-state index in [0.717, 1.165) is 5.56 Å². The number of phenols is 1. The largest absolute Gasteiger partial charge is 0.508 e. The second-order valence-corrected chi connectivity index (χ2v) is 3.87. The summed E-state index contributed by atoms with van der Waals surface area (Å²) < 4.78 is 0. The normalized spacial score (nSPS) is 11.7. The second kappa shape index (κ2) is 6.61. The molecule has 1 rings (SSSR count). The first kappa shape index (κ1) is 14.0. The van der Waals surface area contributed by atoms with Crippen molar-refractivity contribution in [3.05, 3.63) is 29.8 Å². The van der Waals surface area contributed by atoms with Crippen LogP contribution in [0.4, 0.5) is 0 Å². The van der Waals surface area contributed by atoms with E-state index in [2.05, 4.69) is 10.6 Å². The summed E-state index contributed by atoms with van der Waals surface area (Å²) in [5.41, 5.74) is 6.25. The fourth-order valence-electron chi connectivity index (χ4n) is 1.40. The lowest BCUT2D eigenvalue weighted by atomic mass is 10.2. The lowest BCUT2D eigenvalue weighted by molar-refractivity contribution is -0.127. The number of nitrogens with one attached hydrogen (secondary N) is 2. The summed E-state index contributed by atoms with van der Waals surface area (Å²) in [5, 5.41) is 14.2. The van der Waals surface area contributed by atoms with Crippen LogP contribution in [0.2, 0.25) is 0 Å². The van der Waals surface area contributed by atoms with Gasteiger partial charge >= 0.3 is 0 Å². The van der Waals surface area contributed by atoms with Gasteiger partial charge in [0.25, 0.3) is 0 Å². The van der Waals surface area contributed by atoms with Crippen LogP contribution in [0.15, 0.2) is 24.3 Å². The summed E-state index contributed by atoms with van der Waals surface area (Å²) in [6, 6.07) is 5.75. The molecule has 1 atom stereocenters. The topological polar surface area (TPSA) is 104 Å². The maximum Gasteiger partial charge on any atom is 0.244 e. The zero-order valence-corrected chi connectivity index (χ0v) is 10.1. The van der Waals surface area contributed by atoms with Crippen molar-refractivity contribution in [2.75, 3.05) is 6.54 Å². The standard InChI is InChI=1S/C12H17N3O3/c1-8(16)15-11(6-13)12(18)14-7-9-2-4-10(17)5-3-9/h2-5,11,17H,6-7,13H2,1H3,(H,14,18)(H,15,16). The Balaban J connectivity index is 2.49. The Morgan fingerprint density at radius 1 is 1.33 bits per heavy atom. The van der Waals surface area contributed by atoms with E-state index >= 15 is 0 Å². The number of hydrogen-bond donors (Lipinski definition) is 4. The van der Waals surface area contributed by atoms with Crippen molar-refractivity contribution < 1.29 is 14.7 Å². The molecule has 0 radical (unpaired) electrons. The zero-order chi connectivity index (χ0) is 13.5. The maximum absolute atomic E-state index is 11.7. The molecule has 0 aliphatic rings. The fraction of sp³-hybridized carbons (Fsp3) is 0.333. The SMILES string of the molecule is CC(=O)NC(CN)C(=O)NCc1ccc(O)cc1. The third-order valence-corrected chi connectivity index (χ3v) is 2.33. The molecule has 0 saturated carbocycles. The van der Waals surface area contributed by atoms with Crippen molar-refractivity contribution in [1.29, 1.82) is 0 Å². The van der Waals surface area contributed by atoms with Crippen LogP contribution < -0.4 is 16.4 Å². The van der Waals surface area contributed by atoms with Crippen molar-refractivity contribution in [3.8, 4) is 5.75 Å². The molecule has 0 aliphatic heterocycles. The highest BCUT2D eigenvalue weighted by Crippen LogP contribution is 2.09. The first-order valence-corrected chi connectivity index (χ1v) is 5.55. The Kier molecular flexibility index (Phi) is 5.13. The van der Waals surface area contributed by atoms with Crippen LogP contribution in [0, 0.1) is 0 Å². The van der Waals surface area contributed by atoms with E-state index in [-0.39, 0.29) is 24.1 Å². The minimum absolute atomic E-state index is 0.0426. The lowest BCUT2D eigenvalue weighted by Gasteiger charge is -2.15. The monoisotopic (exact) mass is 251 g/mol. The van der Waals surface area contributed by atoms with Crippen LogP contribution in [0.25, 0.3) is 0 Å². The van der Waals surface area contributed by atoms with E-state index in [0.29, 0.717) is 6.54 Å². The summed E-state index contributed by atoms with van der Waals surface area (Å²) >= 11 is 0. The molecule has 2 amide bonds. The molecule has 5 N–H and O–H groups in total. The number of rotatable bonds is 5. The maximum atomic E-state index is 11.7. The quantitative estimate of drug-likeness (QED) is 0.564. The van der Waals surface area contributed by atoms with E-state index in [1.54, 1.807) is 12.1 Å². The highest BCUT2D eigenvalue weighted by molar-refractivity contribution is 5.86. The Morgan fingerprint density at radius 2 is 1.94 bits per heavy atom. The van der Waals surface area contributed by atoms with Crippen molar-refractivity contribution in [2.45, 2.75) is 19.5 Å². The molecule has 98 valence electrons. The van der Waals surface area contributed by atoms with Crippen LogP contribution in [0.3, 0.4) is 0 Å². The molecule has 0 saturated heterocycles. The Labute approximate surface area is 105 Å². The number of carbonyl (C=O) groups excluding carboxylic acids is 2. The van der Waals surface area contributed by atoms with Gasteiger partial charge in [-0.15, -0.1) is 0 Å². The van der Waals surface area contributed by atoms with Crippen molar-refractivity contribution in [1.82, 2.24) is 10.6 Å². The number of aromatic hydroxyl groups is 1. The summed E-state index contributed by atoms with van der Waals surface area (Å²) in [7, 11) is 0. The lowest BCUT2D eigenvalue weighted by Crippen LogP contribution is -2.50. The van der Waals surface area contributed by atoms with Gasteiger partial charge in [0.05, 0.1) is 0 Å². The van der Waals surface area contributed by atoms with Gasteiger partial charge < -0.3 is 21.5 Å². The number of nitrogens with two attached hydrogens (primary N) is 1. The average molecular weight is 251 g/mol. The average Bonchev–Trinajstić information content (AvgIpc) is 2.34. The van der Waals surface area contributed by atoms with Gasteiger partial charge in [-0.05, 0) is 17.7 Å². The van der Waals surface area contributed by atoms with Crippen molar-refractivity contribution >= 4 is 11.8 Å². The Morgan fingerprint density at radius 3 is 2.44 bits per heavy atom. The molecule has 1 unspecified atom stereocenters. The minimum atomic E-state index is -0.723. The summed E-state index contributed by atoms with van der Waals surface area (Å²) in [5.74, 6) is -0.464. The predicted molar refractivity (Wildman–Crippen MR) is 66.6 cm³/mol. The van der Waals surface area contributed by atoms with Crippen LogP contribution in [0.5, 0.6) is 5.75 Å². The van der Waals surface area contributed by atoms with Gasteiger partial charge in [-0.1, -0.05) is 12.1 Å². The summed E-state index contributed by atoms with van der Waals surface area (Å²) in [6.07, 6.45) is 0. The molecule has 0 heterocycles. The first-order chi connectivity index (χ1) is 8.52. The number of carbonyl (C=O) groups is 2. The molecule has 1 aromatic rings. The molecular formula is C12H17N3O3. The predicted octanol–water partition coefficient (Wildman–Crippen LogP) is -0.528. The molecule has 6 heteroatoms. The Bertz CT molecular complexity index is 417. The van der Waals surface area contributed by atoms with Gasteiger partial charge in [-0.25, -0.2) is 0 Å². The van der Waals surface area contributed by atoms with E-state index in [1.165, 1.54) is 19.1 Å². The van der Waals surface area contributed by atoms with Crippen LogP contribution >= 0.6 is 0 Å². The molecule has 0 bridgehead atoms. The van der Waals surface area contributed by atoms with Gasteiger partial charge in [0.2, 0.25) is 11.8 Å². The molecule has 18 heavy (non-hydrogen) atoms. The molecule has 0 aromatic heterocycles. The van der Waals surface area contributed by atoms with Crippen LogP contribution in [-0.4, -0.2) is 29.5 Å². The van der Waals surface area contributed by atoms with Gasteiger partial charge in [0.15, 0.2) is 0 Å². The van der Waals surface area contributed by atoms with E-state index in [9.17, 15) is 9.59 Å².